The highest BCUT2D eigenvalue weighted by atomic mass is 32.1. The number of benzene rings is 2. The number of aromatic nitrogens is 2. The summed E-state index contributed by atoms with van der Waals surface area (Å²) in [6.45, 7) is 0.401. The van der Waals surface area contributed by atoms with Crippen LogP contribution in [0.1, 0.15) is 59.7 Å². The number of methoxy groups -OCH3 is 1. The van der Waals surface area contributed by atoms with Gasteiger partial charge in [0.1, 0.15) is 22.7 Å². The van der Waals surface area contributed by atoms with Crippen molar-refractivity contribution in [2.45, 2.75) is 69.1 Å². The van der Waals surface area contributed by atoms with Crippen LogP contribution in [-0.2, 0) is 11.3 Å². The summed E-state index contributed by atoms with van der Waals surface area (Å²) in [6, 6.07) is 9.33. The standard InChI is InChI=1S/C29H26F4N4O4S/c1-39-27(38)15-8-21(30)25-23(9-15)42-28(35-25)37-17-10-16(11-18(37)12-17)34-13-20-24(36-41-26(20)14-6-7-14)19-4-2-3-5-22(19)40-29(31,32)33/h2-5,8-9,14,16-18,34H,6-7,10-13H2,1H3. The maximum Gasteiger partial charge on any atom is 0.573 e. The topological polar surface area (TPSA) is 89.7 Å². The zero-order chi connectivity index (χ0) is 29.2. The van der Waals surface area contributed by atoms with Crippen molar-refractivity contribution in [1.29, 1.82) is 0 Å². The first-order valence-electron chi connectivity index (χ1n) is 13.7. The minimum Gasteiger partial charge on any atom is -0.465 e. The van der Waals surface area contributed by atoms with Gasteiger partial charge in [-0.25, -0.2) is 14.2 Å². The first kappa shape index (κ1) is 27.1. The molecule has 1 N–H and O–H groups in total. The molecule has 4 fully saturated rings. The van der Waals surface area contributed by atoms with Crippen molar-refractivity contribution >= 4 is 32.7 Å². The number of hydrogen-bond donors (Lipinski definition) is 1. The summed E-state index contributed by atoms with van der Waals surface area (Å²) in [7, 11) is 1.26. The zero-order valence-corrected chi connectivity index (χ0v) is 23.2. The number of anilines is 1. The number of fused-ring (bicyclic) bond motifs is 3. The van der Waals surface area contributed by atoms with E-state index >= 15 is 0 Å². The van der Waals surface area contributed by atoms with Crippen molar-refractivity contribution in [2.75, 3.05) is 12.0 Å². The largest absolute Gasteiger partial charge is 0.573 e. The third-order valence-electron chi connectivity index (χ3n) is 8.23. The summed E-state index contributed by atoms with van der Waals surface area (Å²) in [6.07, 6.45) is -0.266. The van der Waals surface area contributed by atoms with E-state index in [1.54, 1.807) is 18.2 Å². The normalized spacial score (nSPS) is 21.8. The summed E-state index contributed by atoms with van der Waals surface area (Å²) < 4.78 is 69.3. The molecule has 2 saturated heterocycles. The van der Waals surface area contributed by atoms with Gasteiger partial charge in [-0.3, -0.25) is 0 Å². The van der Waals surface area contributed by atoms with E-state index in [0.29, 0.717) is 22.7 Å². The molecule has 2 aromatic heterocycles. The molecule has 2 bridgehead atoms. The number of nitrogens with one attached hydrogen (secondary N) is 1. The minimum absolute atomic E-state index is 0.150. The Labute approximate surface area is 241 Å². The Bertz CT molecular complexity index is 1660. The van der Waals surface area contributed by atoms with E-state index in [1.807, 2.05) is 0 Å². The van der Waals surface area contributed by atoms with E-state index < -0.39 is 18.1 Å². The number of ether oxygens (including phenoxy) is 2. The van der Waals surface area contributed by atoms with E-state index in [1.165, 1.54) is 30.6 Å². The molecule has 4 aliphatic rings. The van der Waals surface area contributed by atoms with E-state index in [0.717, 1.165) is 48.9 Å². The lowest BCUT2D eigenvalue weighted by Crippen LogP contribution is -2.64. The molecule has 2 aromatic carbocycles. The number of piperidine rings is 1. The molecule has 0 spiro atoms. The Kier molecular flexibility index (Phi) is 6.61. The molecular formula is C29H26F4N4O4S. The quantitative estimate of drug-likeness (QED) is 0.179. The van der Waals surface area contributed by atoms with Crippen molar-refractivity contribution in [3.63, 3.8) is 0 Å². The van der Waals surface area contributed by atoms with Crippen LogP contribution in [0.5, 0.6) is 5.75 Å². The number of halogens is 4. The van der Waals surface area contributed by atoms with Gasteiger partial charge in [0.05, 0.1) is 17.4 Å². The van der Waals surface area contributed by atoms with Crippen LogP contribution in [0.2, 0.25) is 0 Å². The monoisotopic (exact) mass is 602 g/mol. The van der Waals surface area contributed by atoms with Gasteiger partial charge < -0.3 is 24.2 Å². The van der Waals surface area contributed by atoms with Gasteiger partial charge in [-0.05, 0) is 56.4 Å². The SMILES string of the molecule is COC(=O)c1cc(F)c2nc(N3C4CC(NCc5c(-c6ccccc6OC(F)(F)F)noc5C5CC5)CC3C4)sc2c1. The van der Waals surface area contributed by atoms with Crippen molar-refractivity contribution in [1.82, 2.24) is 15.5 Å². The molecule has 2 aliphatic carbocycles. The molecule has 4 heterocycles. The highest BCUT2D eigenvalue weighted by molar-refractivity contribution is 7.22. The number of thiazole rings is 1. The average molecular weight is 603 g/mol. The number of rotatable bonds is 8. The number of esters is 1. The summed E-state index contributed by atoms with van der Waals surface area (Å²) >= 11 is 1.36. The number of carbonyl (C=O) groups excluding carboxylic acids is 1. The fourth-order valence-electron chi connectivity index (χ4n) is 6.17. The fourth-order valence-corrected chi connectivity index (χ4v) is 7.33. The van der Waals surface area contributed by atoms with Crippen LogP contribution in [0, 0.1) is 5.82 Å². The lowest BCUT2D eigenvalue weighted by Gasteiger charge is -2.55. The Morgan fingerprint density at radius 2 is 1.93 bits per heavy atom. The molecule has 0 radical (unpaired) electrons. The lowest BCUT2D eigenvalue weighted by atomic mass is 9.77. The summed E-state index contributed by atoms with van der Waals surface area (Å²) in [5.74, 6) is -0.545. The number of alkyl halides is 3. The van der Waals surface area contributed by atoms with Gasteiger partial charge in [0, 0.05) is 41.7 Å². The minimum atomic E-state index is -4.83. The Balaban J connectivity index is 1.07. The average Bonchev–Trinajstić information content (AvgIpc) is 3.57. The summed E-state index contributed by atoms with van der Waals surface area (Å²) in [5.41, 5.74) is 1.74. The molecule has 4 aromatic rings. The van der Waals surface area contributed by atoms with Crippen LogP contribution in [0.25, 0.3) is 21.5 Å². The highest BCUT2D eigenvalue weighted by Gasteiger charge is 2.47. The van der Waals surface area contributed by atoms with Gasteiger partial charge in [0.2, 0.25) is 0 Å². The molecule has 2 atom stereocenters. The first-order valence-corrected chi connectivity index (χ1v) is 14.5. The second kappa shape index (κ2) is 10.2. The van der Waals surface area contributed by atoms with Crippen LogP contribution >= 0.6 is 11.3 Å². The number of nitrogens with zero attached hydrogens (tertiary/aromatic N) is 3. The van der Waals surface area contributed by atoms with Gasteiger partial charge in [-0.2, -0.15) is 0 Å². The molecule has 2 unspecified atom stereocenters. The molecular weight excluding hydrogens is 576 g/mol. The van der Waals surface area contributed by atoms with Crippen LogP contribution in [-0.4, -0.2) is 47.7 Å². The van der Waals surface area contributed by atoms with Gasteiger partial charge >= 0.3 is 12.3 Å². The molecule has 8 rings (SSSR count). The maximum absolute atomic E-state index is 14.7. The van der Waals surface area contributed by atoms with Crippen molar-refractivity contribution in [3.8, 4) is 17.0 Å². The molecule has 8 nitrogen and oxygen atoms in total. The second-order valence-corrected chi connectivity index (χ2v) is 12.0. The van der Waals surface area contributed by atoms with Gasteiger partial charge in [0.25, 0.3) is 0 Å². The van der Waals surface area contributed by atoms with Crippen molar-refractivity contribution < 1.29 is 36.4 Å². The van der Waals surface area contributed by atoms with E-state index in [9.17, 15) is 22.4 Å². The highest BCUT2D eigenvalue weighted by Crippen LogP contribution is 2.47. The lowest BCUT2D eigenvalue weighted by molar-refractivity contribution is -0.274. The Hall–Kier alpha value is -3.71. The van der Waals surface area contributed by atoms with Gasteiger partial charge in [-0.1, -0.05) is 28.6 Å². The Morgan fingerprint density at radius 3 is 2.64 bits per heavy atom. The molecule has 42 heavy (non-hydrogen) atoms. The van der Waals surface area contributed by atoms with Gasteiger partial charge in [-0.15, -0.1) is 13.2 Å². The van der Waals surface area contributed by atoms with Crippen LogP contribution < -0.4 is 15.0 Å². The number of para-hydroxylation sites is 1. The van der Waals surface area contributed by atoms with Crippen LogP contribution in [0.4, 0.5) is 22.7 Å². The molecule has 2 aliphatic heterocycles. The number of carbonyl (C=O) groups is 1. The fraction of sp³-hybridized carbons (Fsp3) is 0.414. The van der Waals surface area contributed by atoms with Crippen LogP contribution in [0.15, 0.2) is 40.9 Å². The smallest absolute Gasteiger partial charge is 0.465 e. The first-order chi connectivity index (χ1) is 20.2. The van der Waals surface area contributed by atoms with Gasteiger partial charge in [0.15, 0.2) is 10.9 Å². The molecule has 0 amide bonds. The van der Waals surface area contributed by atoms with E-state index in [2.05, 4.69) is 25.1 Å². The van der Waals surface area contributed by atoms with Crippen LogP contribution in [0.3, 0.4) is 0 Å². The summed E-state index contributed by atoms with van der Waals surface area (Å²) in [5, 5.41) is 8.52. The Morgan fingerprint density at radius 1 is 1.17 bits per heavy atom. The predicted molar refractivity (Wildman–Crippen MR) is 146 cm³/mol. The number of hydrogen-bond acceptors (Lipinski definition) is 9. The second-order valence-electron chi connectivity index (χ2n) is 11.0. The summed E-state index contributed by atoms with van der Waals surface area (Å²) in [4.78, 5) is 18.7. The third kappa shape index (κ3) is 4.98. The third-order valence-corrected chi connectivity index (χ3v) is 9.24. The molecule has 220 valence electrons. The zero-order valence-electron chi connectivity index (χ0n) is 22.4. The molecule has 2 saturated carbocycles. The van der Waals surface area contributed by atoms with Crippen molar-refractivity contribution in [3.05, 3.63) is 59.1 Å². The predicted octanol–water partition coefficient (Wildman–Crippen LogP) is 6.55. The van der Waals surface area contributed by atoms with E-state index in [-0.39, 0.29) is 46.4 Å². The molecule has 13 heteroatoms. The van der Waals surface area contributed by atoms with E-state index in [4.69, 9.17) is 9.26 Å². The maximum atomic E-state index is 14.7. The van der Waals surface area contributed by atoms with Crippen molar-refractivity contribution in [2.24, 2.45) is 0 Å².